The summed E-state index contributed by atoms with van der Waals surface area (Å²) in [6, 6.07) is 12.1. The van der Waals surface area contributed by atoms with Crippen LogP contribution in [0.3, 0.4) is 0 Å². The number of nitrogens with one attached hydrogen (secondary N) is 1. The van der Waals surface area contributed by atoms with Gasteiger partial charge in [-0.05, 0) is 46.6 Å². The van der Waals surface area contributed by atoms with E-state index < -0.39 is 0 Å². The minimum Gasteiger partial charge on any atom is -0.373 e. The van der Waals surface area contributed by atoms with Crippen molar-refractivity contribution in [1.29, 1.82) is 0 Å². The van der Waals surface area contributed by atoms with Gasteiger partial charge in [0.05, 0.1) is 10.3 Å². The van der Waals surface area contributed by atoms with Gasteiger partial charge in [0.1, 0.15) is 6.04 Å². The number of hydrogen-bond acceptors (Lipinski definition) is 3. The first-order valence-electron chi connectivity index (χ1n) is 7.05. The van der Waals surface area contributed by atoms with E-state index in [0.717, 1.165) is 22.4 Å². The second-order valence-corrected chi connectivity index (χ2v) is 7.66. The van der Waals surface area contributed by atoms with Gasteiger partial charge in [-0.15, -0.1) is 11.3 Å². The van der Waals surface area contributed by atoms with Crippen LogP contribution in [-0.2, 0) is 17.8 Å². The summed E-state index contributed by atoms with van der Waals surface area (Å²) in [6.07, 6.45) is 0.777. The molecule has 110 valence electrons. The molecule has 2 heterocycles. The van der Waals surface area contributed by atoms with Gasteiger partial charge in [0.15, 0.2) is 0 Å². The third-order valence-electron chi connectivity index (χ3n) is 3.74. The van der Waals surface area contributed by atoms with Crippen molar-refractivity contribution in [3.63, 3.8) is 0 Å². The average Bonchev–Trinajstić information content (AvgIpc) is 3.09. The molecule has 1 aromatic heterocycles. The zero-order valence-corrected chi connectivity index (χ0v) is 14.2. The summed E-state index contributed by atoms with van der Waals surface area (Å²) in [5.74, 6) is 0.179. The number of anilines is 1. The molecule has 0 aliphatic carbocycles. The number of carbonyl (C=O) groups is 1. The maximum Gasteiger partial charge on any atom is 0.245 e. The number of rotatable bonds is 4. The second-order valence-electron chi connectivity index (χ2n) is 5.12. The van der Waals surface area contributed by atoms with Crippen LogP contribution in [0.5, 0.6) is 0 Å². The lowest BCUT2D eigenvalue weighted by Gasteiger charge is -2.24. The van der Waals surface area contributed by atoms with Crippen LogP contribution in [0.15, 0.2) is 40.2 Å². The van der Waals surface area contributed by atoms with Crippen LogP contribution >= 0.6 is 27.3 Å². The first kappa shape index (κ1) is 14.6. The Kier molecular flexibility index (Phi) is 4.31. The summed E-state index contributed by atoms with van der Waals surface area (Å²) >= 11 is 5.15. The highest BCUT2D eigenvalue weighted by Crippen LogP contribution is 2.27. The molecule has 0 spiro atoms. The number of benzene rings is 1. The fourth-order valence-electron chi connectivity index (χ4n) is 2.64. The van der Waals surface area contributed by atoms with Crippen molar-refractivity contribution in [2.75, 3.05) is 11.9 Å². The zero-order chi connectivity index (χ0) is 14.8. The Balaban J connectivity index is 1.69. The number of carbonyl (C=O) groups excluding carboxylic acids is 1. The SMILES string of the molecule is CCN(Cc1ccc(Br)s1)C(=O)C1Cc2ccccc2N1. The summed E-state index contributed by atoms with van der Waals surface area (Å²) < 4.78 is 1.10. The number of nitrogens with zero attached hydrogens (tertiary/aromatic N) is 1. The van der Waals surface area contributed by atoms with Crippen molar-refractivity contribution < 1.29 is 4.79 Å². The van der Waals surface area contributed by atoms with Crippen LogP contribution < -0.4 is 5.32 Å². The molecule has 0 saturated carbocycles. The highest BCUT2D eigenvalue weighted by molar-refractivity contribution is 9.11. The Labute approximate surface area is 137 Å². The smallest absolute Gasteiger partial charge is 0.245 e. The molecule has 0 fully saturated rings. The van der Waals surface area contributed by atoms with E-state index in [0.29, 0.717) is 6.54 Å². The average molecular weight is 365 g/mol. The molecule has 5 heteroatoms. The lowest BCUT2D eigenvalue weighted by atomic mass is 10.1. The molecular formula is C16H17BrN2OS. The largest absolute Gasteiger partial charge is 0.373 e. The predicted octanol–water partition coefficient (Wildman–Crippen LogP) is 3.90. The van der Waals surface area contributed by atoms with Gasteiger partial charge in [-0.1, -0.05) is 18.2 Å². The van der Waals surface area contributed by atoms with E-state index in [1.54, 1.807) is 11.3 Å². The van der Waals surface area contributed by atoms with Crippen LogP contribution in [0.2, 0.25) is 0 Å². The van der Waals surface area contributed by atoms with Gasteiger partial charge in [0, 0.05) is 23.5 Å². The molecule has 0 saturated heterocycles. The second kappa shape index (κ2) is 6.20. The third kappa shape index (κ3) is 3.14. The number of likely N-dealkylation sites (N-methyl/N-ethyl adjacent to an activating group) is 1. The molecular weight excluding hydrogens is 348 g/mol. The molecule has 21 heavy (non-hydrogen) atoms. The summed E-state index contributed by atoms with van der Waals surface area (Å²) in [5, 5.41) is 3.34. The van der Waals surface area contributed by atoms with Gasteiger partial charge in [0.25, 0.3) is 0 Å². The lowest BCUT2D eigenvalue weighted by Crippen LogP contribution is -2.41. The summed E-state index contributed by atoms with van der Waals surface area (Å²) in [6.45, 7) is 3.44. The quantitative estimate of drug-likeness (QED) is 0.892. The van der Waals surface area contributed by atoms with Gasteiger partial charge in [-0.25, -0.2) is 0 Å². The van der Waals surface area contributed by atoms with E-state index in [1.807, 2.05) is 36.1 Å². The lowest BCUT2D eigenvalue weighted by molar-refractivity contribution is -0.132. The maximum absolute atomic E-state index is 12.7. The zero-order valence-electron chi connectivity index (χ0n) is 11.8. The van der Waals surface area contributed by atoms with Crippen LogP contribution in [0, 0.1) is 0 Å². The molecule has 0 radical (unpaired) electrons. The molecule has 2 aromatic rings. The van der Waals surface area contributed by atoms with Gasteiger partial charge in [-0.2, -0.15) is 0 Å². The van der Waals surface area contributed by atoms with Crippen LogP contribution in [0.4, 0.5) is 5.69 Å². The monoisotopic (exact) mass is 364 g/mol. The minimum atomic E-state index is -0.134. The van der Waals surface area contributed by atoms with E-state index in [2.05, 4.69) is 33.4 Å². The normalized spacial score (nSPS) is 16.4. The van der Waals surface area contributed by atoms with Crippen molar-refractivity contribution in [2.24, 2.45) is 0 Å². The Morgan fingerprint density at radius 2 is 2.19 bits per heavy atom. The van der Waals surface area contributed by atoms with E-state index in [1.165, 1.54) is 10.4 Å². The minimum absolute atomic E-state index is 0.134. The fourth-order valence-corrected chi connectivity index (χ4v) is 4.14. The molecule has 1 aliphatic heterocycles. The first-order chi connectivity index (χ1) is 10.2. The molecule has 1 atom stereocenters. The van der Waals surface area contributed by atoms with Crippen LogP contribution in [-0.4, -0.2) is 23.4 Å². The highest BCUT2D eigenvalue weighted by atomic mass is 79.9. The van der Waals surface area contributed by atoms with Gasteiger partial charge in [-0.3, -0.25) is 4.79 Å². The highest BCUT2D eigenvalue weighted by Gasteiger charge is 2.29. The Morgan fingerprint density at radius 1 is 1.38 bits per heavy atom. The summed E-state index contributed by atoms with van der Waals surface area (Å²) in [5.41, 5.74) is 2.32. The third-order valence-corrected chi connectivity index (χ3v) is 5.35. The van der Waals surface area contributed by atoms with Crippen molar-refractivity contribution in [2.45, 2.75) is 25.9 Å². The topological polar surface area (TPSA) is 32.3 Å². The molecule has 3 nitrogen and oxygen atoms in total. The predicted molar refractivity (Wildman–Crippen MR) is 90.7 cm³/mol. The Bertz CT molecular complexity index is 630. The molecule has 1 aliphatic rings. The standard InChI is InChI=1S/C16H17BrN2OS/c1-2-19(10-12-7-8-15(17)21-12)16(20)14-9-11-5-3-4-6-13(11)18-14/h3-8,14,18H,2,9-10H2,1H3. The number of amides is 1. The number of fused-ring (bicyclic) bond motifs is 1. The molecule has 1 amide bonds. The first-order valence-corrected chi connectivity index (χ1v) is 8.65. The fraction of sp³-hybridized carbons (Fsp3) is 0.312. The summed E-state index contributed by atoms with van der Waals surface area (Å²) in [4.78, 5) is 15.8. The number of halogens is 1. The van der Waals surface area contributed by atoms with Crippen molar-refractivity contribution in [3.05, 3.63) is 50.6 Å². The number of thiophene rings is 1. The Morgan fingerprint density at radius 3 is 2.86 bits per heavy atom. The van der Waals surface area contributed by atoms with Crippen LogP contribution in [0.1, 0.15) is 17.4 Å². The molecule has 1 aromatic carbocycles. The van der Waals surface area contributed by atoms with Gasteiger partial charge in [0.2, 0.25) is 5.91 Å². The Hall–Kier alpha value is -1.33. The molecule has 3 rings (SSSR count). The summed E-state index contributed by atoms with van der Waals surface area (Å²) in [7, 11) is 0. The van der Waals surface area contributed by atoms with E-state index >= 15 is 0 Å². The maximum atomic E-state index is 12.7. The van der Waals surface area contributed by atoms with E-state index in [9.17, 15) is 4.79 Å². The number of para-hydroxylation sites is 1. The van der Waals surface area contributed by atoms with Crippen LogP contribution in [0.25, 0.3) is 0 Å². The van der Waals surface area contributed by atoms with Gasteiger partial charge < -0.3 is 10.2 Å². The molecule has 1 unspecified atom stereocenters. The van der Waals surface area contributed by atoms with Gasteiger partial charge >= 0.3 is 0 Å². The molecule has 1 N–H and O–H groups in total. The molecule has 0 bridgehead atoms. The van der Waals surface area contributed by atoms with E-state index in [4.69, 9.17) is 0 Å². The van der Waals surface area contributed by atoms with Crippen molar-refractivity contribution in [1.82, 2.24) is 4.90 Å². The van der Waals surface area contributed by atoms with Crippen molar-refractivity contribution in [3.8, 4) is 0 Å². The van der Waals surface area contributed by atoms with E-state index in [-0.39, 0.29) is 11.9 Å². The number of hydrogen-bond donors (Lipinski definition) is 1. The van der Waals surface area contributed by atoms with Crippen molar-refractivity contribution >= 4 is 38.9 Å².